The summed E-state index contributed by atoms with van der Waals surface area (Å²) in [6.45, 7) is 2.86. The number of anilines is 1. The summed E-state index contributed by atoms with van der Waals surface area (Å²) in [6, 6.07) is 2.92. The van der Waals surface area contributed by atoms with Gasteiger partial charge in [-0.15, -0.1) is 0 Å². The number of nitrogens with one attached hydrogen (secondary N) is 1. The van der Waals surface area contributed by atoms with Crippen molar-refractivity contribution in [3.8, 4) is 0 Å². The highest BCUT2D eigenvalue weighted by Gasteiger charge is 2.55. The third-order valence-electron chi connectivity index (χ3n) is 4.78. The van der Waals surface area contributed by atoms with Crippen LogP contribution in [0.5, 0.6) is 0 Å². The van der Waals surface area contributed by atoms with E-state index in [9.17, 15) is 14.3 Å². The van der Waals surface area contributed by atoms with Gasteiger partial charge in [0.2, 0.25) is 0 Å². The Balaban J connectivity index is 2.05. The fraction of sp³-hybridized carbons (Fsp3) is 0.467. The molecule has 4 N–H and O–H groups in total. The van der Waals surface area contributed by atoms with Gasteiger partial charge >= 0.3 is 0 Å². The summed E-state index contributed by atoms with van der Waals surface area (Å²) in [7, 11) is 0. The number of rotatable bonds is 3. The molecule has 1 aliphatic rings. The van der Waals surface area contributed by atoms with Crippen LogP contribution in [0, 0.1) is 0 Å². The van der Waals surface area contributed by atoms with Crippen molar-refractivity contribution < 1.29 is 14.3 Å². The Morgan fingerprint density at radius 1 is 1.59 bits per heavy atom. The van der Waals surface area contributed by atoms with E-state index in [4.69, 9.17) is 5.73 Å². The zero-order chi connectivity index (χ0) is 16.1. The monoisotopic (exact) mass is 306 g/mol. The van der Waals surface area contributed by atoms with Crippen molar-refractivity contribution in [2.75, 3.05) is 5.32 Å². The van der Waals surface area contributed by atoms with Gasteiger partial charge < -0.3 is 16.2 Å². The molecule has 0 aliphatic heterocycles. The first-order valence-corrected chi connectivity index (χ1v) is 7.18. The highest BCUT2D eigenvalue weighted by atomic mass is 19.1. The van der Waals surface area contributed by atoms with Crippen molar-refractivity contribution in [1.29, 1.82) is 0 Å². The highest BCUT2D eigenvalue weighted by Crippen LogP contribution is 2.44. The van der Waals surface area contributed by atoms with E-state index in [1.807, 2.05) is 0 Å². The summed E-state index contributed by atoms with van der Waals surface area (Å²) in [4.78, 5) is 11.6. The van der Waals surface area contributed by atoms with Gasteiger partial charge in [-0.2, -0.15) is 5.10 Å². The maximum atomic E-state index is 14.9. The molecule has 2 aromatic heterocycles. The van der Waals surface area contributed by atoms with Gasteiger partial charge in [-0.25, -0.2) is 8.91 Å². The average molecular weight is 306 g/mol. The molecular weight excluding hydrogens is 287 g/mol. The third-order valence-corrected chi connectivity index (χ3v) is 4.78. The summed E-state index contributed by atoms with van der Waals surface area (Å²) in [5.74, 6) is -0.635. The Hall–Kier alpha value is -2.15. The Morgan fingerprint density at radius 3 is 2.91 bits per heavy atom. The lowest BCUT2D eigenvalue weighted by molar-refractivity contribution is -0.0598. The fourth-order valence-corrected chi connectivity index (χ4v) is 3.03. The molecule has 1 saturated carbocycles. The molecule has 3 atom stereocenters. The summed E-state index contributed by atoms with van der Waals surface area (Å²) < 4.78 is 16.5. The molecule has 22 heavy (non-hydrogen) atoms. The van der Waals surface area contributed by atoms with Gasteiger partial charge in [0.1, 0.15) is 0 Å². The van der Waals surface area contributed by atoms with Gasteiger partial charge in [-0.05, 0) is 38.8 Å². The minimum Gasteiger partial charge on any atom is -0.387 e. The van der Waals surface area contributed by atoms with Crippen LogP contribution in [-0.4, -0.2) is 37.9 Å². The number of amides is 1. The Morgan fingerprint density at radius 2 is 2.32 bits per heavy atom. The van der Waals surface area contributed by atoms with Crippen LogP contribution in [0.25, 0.3) is 5.52 Å². The number of hydrogen-bond acceptors (Lipinski definition) is 4. The molecular formula is C15H19FN4O2. The number of hydrogen-bond donors (Lipinski definition) is 3. The third kappa shape index (κ3) is 2.04. The number of primary amides is 1. The van der Waals surface area contributed by atoms with E-state index in [-0.39, 0.29) is 5.56 Å². The molecule has 0 radical (unpaired) electrons. The first-order chi connectivity index (χ1) is 10.2. The topological polar surface area (TPSA) is 92.6 Å². The molecule has 0 saturated heterocycles. The normalized spacial score (nSPS) is 31.5. The van der Waals surface area contributed by atoms with Crippen LogP contribution < -0.4 is 11.1 Å². The summed E-state index contributed by atoms with van der Waals surface area (Å²) in [6.07, 6.45) is 3.88. The van der Waals surface area contributed by atoms with E-state index in [1.54, 1.807) is 22.8 Å². The van der Waals surface area contributed by atoms with Crippen LogP contribution >= 0.6 is 0 Å². The van der Waals surface area contributed by atoms with E-state index < -0.39 is 23.2 Å². The van der Waals surface area contributed by atoms with Gasteiger partial charge in [0.15, 0.2) is 5.67 Å². The molecule has 7 heteroatoms. The second-order valence-electron chi connectivity index (χ2n) is 6.22. The van der Waals surface area contributed by atoms with Crippen LogP contribution in [-0.2, 0) is 0 Å². The molecule has 0 aromatic carbocycles. The maximum absolute atomic E-state index is 14.9. The highest BCUT2D eigenvalue weighted by molar-refractivity contribution is 6.01. The molecule has 118 valence electrons. The van der Waals surface area contributed by atoms with Crippen molar-refractivity contribution in [3.05, 3.63) is 30.1 Å². The second kappa shape index (κ2) is 4.67. The fourth-order valence-electron chi connectivity index (χ4n) is 3.03. The number of aliphatic hydroxyl groups is 1. The predicted octanol–water partition coefficient (Wildman–Crippen LogP) is 1.49. The zero-order valence-corrected chi connectivity index (χ0v) is 12.5. The van der Waals surface area contributed by atoms with Crippen LogP contribution in [0.15, 0.2) is 24.5 Å². The zero-order valence-electron chi connectivity index (χ0n) is 12.5. The molecule has 1 aliphatic carbocycles. The van der Waals surface area contributed by atoms with Crippen LogP contribution in [0.4, 0.5) is 10.1 Å². The van der Waals surface area contributed by atoms with E-state index >= 15 is 0 Å². The molecule has 2 heterocycles. The van der Waals surface area contributed by atoms with Gasteiger partial charge in [0.25, 0.3) is 5.91 Å². The Bertz CT molecular complexity index is 738. The largest absolute Gasteiger partial charge is 0.387 e. The van der Waals surface area contributed by atoms with Gasteiger partial charge in [-0.1, -0.05) is 0 Å². The number of carbonyl (C=O) groups excluding carboxylic acids is 1. The minimum absolute atomic E-state index is 0.202. The van der Waals surface area contributed by atoms with Crippen molar-refractivity contribution in [2.24, 2.45) is 5.73 Å². The number of aromatic nitrogens is 2. The van der Waals surface area contributed by atoms with Gasteiger partial charge in [-0.3, -0.25) is 4.79 Å². The quantitative estimate of drug-likeness (QED) is 0.801. The Kier molecular flexibility index (Phi) is 3.14. The van der Waals surface area contributed by atoms with Crippen LogP contribution in [0.1, 0.15) is 37.0 Å². The lowest BCUT2D eigenvalue weighted by Crippen LogP contribution is -2.50. The summed E-state index contributed by atoms with van der Waals surface area (Å²) >= 11 is 0. The molecule has 0 unspecified atom stereocenters. The molecule has 3 rings (SSSR count). The lowest BCUT2D eigenvalue weighted by atomic mass is 9.89. The van der Waals surface area contributed by atoms with Crippen molar-refractivity contribution in [1.82, 2.24) is 9.61 Å². The maximum Gasteiger partial charge on any atom is 0.252 e. The molecule has 0 spiro atoms. The first-order valence-electron chi connectivity index (χ1n) is 7.18. The van der Waals surface area contributed by atoms with E-state index in [0.29, 0.717) is 24.0 Å². The number of halogens is 1. The number of fused-ring (bicyclic) bond motifs is 1. The molecule has 0 bridgehead atoms. The summed E-state index contributed by atoms with van der Waals surface area (Å²) in [5, 5.41) is 17.4. The number of nitrogens with two attached hydrogens (primary N) is 1. The van der Waals surface area contributed by atoms with Crippen molar-refractivity contribution in [3.63, 3.8) is 0 Å². The predicted molar refractivity (Wildman–Crippen MR) is 80.5 cm³/mol. The van der Waals surface area contributed by atoms with Crippen molar-refractivity contribution >= 4 is 17.1 Å². The molecule has 1 fully saturated rings. The average Bonchev–Trinajstić information content (AvgIpc) is 2.97. The van der Waals surface area contributed by atoms with Gasteiger partial charge in [0, 0.05) is 6.20 Å². The van der Waals surface area contributed by atoms with E-state index in [0.717, 1.165) is 0 Å². The van der Waals surface area contributed by atoms with Gasteiger partial charge in [0.05, 0.1) is 34.6 Å². The summed E-state index contributed by atoms with van der Waals surface area (Å²) in [5.41, 5.74) is 3.44. The number of nitrogens with zero attached hydrogens (tertiary/aromatic N) is 2. The standard InChI is InChI=1S/C15H19FN4O2/c1-14(22)6-5-11(15(14,2)16)19-12-9(13(17)21)8-18-20-7-3-4-10(12)20/h3-4,7-8,11,19,22H,5-6H2,1-2H3,(H2,17,21)/t11-,14+,15-/m1/s1. The SMILES string of the molecule is C[C@]1(O)CC[C@@H](Nc2c(C(N)=O)cnn3cccc23)[C@@]1(C)F. The molecule has 6 nitrogen and oxygen atoms in total. The molecule has 1 amide bonds. The smallest absolute Gasteiger partial charge is 0.252 e. The second-order valence-corrected chi connectivity index (χ2v) is 6.22. The number of alkyl halides is 1. The molecule has 2 aromatic rings. The minimum atomic E-state index is -1.82. The van der Waals surface area contributed by atoms with Crippen LogP contribution in [0.3, 0.4) is 0 Å². The van der Waals surface area contributed by atoms with E-state index in [1.165, 1.54) is 20.0 Å². The van der Waals surface area contributed by atoms with Crippen molar-refractivity contribution in [2.45, 2.75) is 44.0 Å². The van der Waals surface area contributed by atoms with Crippen LogP contribution in [0.2, 0.25) is 0 Å². The first kappa shape index (κ1) is 14.8. The lowest BCUT2D eigenvalue weighted by Gasteiger charge is -2.34. The number of carbonyl (C=O) groups is 1. The Labute approximate surface area is 127 Å². The van der Waals surface area contributed by atoms with E-state index in [2.05, 4.69) is 10.4 Å².